The number of pyridine rings is 1. The summed E-state index contributed by atoms with van der Waals surface area (Å²) in [6, 6.07) is 8.69. The predicted molar refractivity (Wildman–Crippen MR) is 78.0 cm³/mol. The Bertz CT molecular complexity index is 745. The zero-order chi connectivity index (χ0) is 15.5. The number of urea groups is 1. The summed E-state index contributed by atoms with van der Waals surface area (Å²) >= 11 is 0. The summed E-state index contributed by atoms with van der Waals surface area (Å²) in [5.74, 6) is -0.693. The van der Waals surface area contributed by atoms with Crippen molar-refractivity contribution in [3.63, 3.8) is 0 Å². The Morgan fingerprint density at radius 2 is 1.91 bits per heavy atom. The van der Waals surface area contributed by atoms with E-state index < -0.39 is 18.0 Å². The van der Waals surface area contributed by atoms with E-state index in [1.165, 1.54) is 12.4 Å². The second-order valence-corrected chi connectivity index (χ2v) is 4.71. The van der Waals surface area contributed by atoms with E-state index in [9.17, 15) is 14.4 Å². The van der Waals surface area contributed by atoms with Gasteiger partial charge in [-0.15, -0.1) is 0 Å². The lowest BCUT2D eigenvalue weighted by atomic mass is 10.1. The Hall–Kier alpha value is -3.22. The molecule has 7 nitrogen and oxygen atoms in total. The Kier molecular flexibility index (Phi) is 3.53. The molecule has 0 aliphatic carbocycles. The quantitative estimate of drug-likeness (QED) is 0.741. The summed E-state index contributed by atoms with van der Waals surface area (Å²) < 4.78 is 0. The highest BCUT2D eigenvalue weighted by Gasteiger charge is 2.30. The molecule has 0 saturated carbocycles. The van der Waals surface area contributed by atoms with Gasteiger partial charge in [-0.05, 0) is 29.8 Å². The normalized spacial score (nSPS) is 16.8. The minimum Gasteiger partial charge on any atom is -0.322 e. The van der Waals surface area contributed by atoms with E-state index in [4.69, 9.17) is 0 Å². The molecular weight excluding hydrogens is 284 g/mol. The molecule has 1 aliphatic rings. The first-order valence-electron chi connectivity index (χ1n) is 6.56. The molecule has 7 heteroatoms. The van der Waals surface area contributed by atoms with Gasteiger partial charge in [-0.2, -0.15) is 0 Å². The molecular formula is C15H12N4O3. The maximum Gasteiger partial charge on any atom is 0.322 e. The van der Waals surface area contributed by atoms with Gasteiger partial charge in [0.05, 0.1) is 0 Å². The SMILES string of the molecule is O=C1NC(=O)C(c2cccc(NC(=O)c3ccncc3)c2)N1. The molecule has 1 atom stereocenters. The molecule has 1 unspecified atom stereocenters. The maximum atomic E-state index is 12.1. The van der Waals surface area contributed by atoms with Crippen LogP contribution in [-0.2, 0) is 4.79 Å². The van der Waals surface area contributed by atoms with Crippen LogP contribution in [0.1, 0.15) is 22.0 Å². The summed E-state index contributed by atoms with van der Waals surface area (Å²) in [6.45, 7) is 0. The van der Waals surface area contributed by atoms with Gasteiger partial charge in [-0.1, -0.05) is 12.1 Å². The van der Waals surface area contributed by atoms with Gasteiger partial charge in [0.1, 0.15) is 6.04 Å². The van der Waals surface area contributed by atoms with Crippen LogP contribution in [0.2, 0.25) is 0 Å². The summed E-state index contributed by atoms with van der Waals surface area (Å²) in [6.07, 6.45) is 3.06. The van der Waals surface area contributed by atoms with E-state index >= 15 is 0 Å². The van der Waals surface area contributed by atoms with Crippen LogP contribution >= 0.6 is 0 Å². The van der Waals surface area contributed by atoms with Gasteiger partial charge >= 0.3 is 6.03 Å². The number of carbonyl (C=O) groups excluding carboxylic acids is 3. The van der Waals surface area contributed by atoms with E-state index in [2.05, 4.69) is 20.9 Å². The van der Waals surface area contributed by atoms with Gasteiger partial charge in [0, 0.05) is 23.6 Å². The largest absolute Gasteiger partial charge is 0.322 e. The smallest absolute Gasteiger partial charge is 0.322 e. The van der Waals surface area contributed by atoms with Crippen LogP contribution in [0.5, 0.6) is 0 Å². The average molecular weight is 296 g/mol. The number of nitrogens with one attached hydrogen (secondary N) is 3. The molecule has 4 amide bonds. The summed E-state index contributed by atoms with van der Waals surface area (Å²) in [5.41, 5.74) is 1.61. The van der Waals surface area contributed by atoms with Gasteiger partial charge in [-0.3, -0.25) is 19.9 Å². The summed E-state index contributed by atoms with van der Waals surface area (Å²) in [4.78, 5) is 38.7. The number of amides is 4. The van der Waals surface area contributed by atoms with Crippen LogP contribution in [0, 0.1) is 0 Å². The molecule has 0 bridgehead atoms. The number of rotatable bonds is 3. The third kappa shape index (κ3) is 2.78. The predicted octanol–water partition coefficient (Wildman–Crippen LogP) is 1.21. The molecule has 1 fully saturated rings. The monoisotopic (exact) mass is 296 g/mol. The number of benzene rings is 1. The Balaban J connectivity index is 1.79. The van der Waals surface area contributed by atoms with E-state index in [1.807, 2.05) is 0 Å². The number of hydrogen-bond donors (Lipinski definition) is 3. The van der Waals surface area contributed by atoms with E-state index in [1.54, 1.807) is 36.4 Å². The molecule has 3 rings (SSSR count). The Morgan fingerprint density at radius 1 is 1.14 bits per heavy atom. The molecule has 2 heterocycles. The first kappa shape index (κ1) is 13.7. The summed E-state index contributed by atoms with van der Waals surface area (Å²) in [7, 11) is 0. The lowest BCUT2D eigenvalue weighted by Gasteiger charge is -2.10. The molecule has 1 aromatic heterocycles. The molecule has 2 aromatic rings. The fourth-order valence-electron chi connectivity index (χ4n) is 2.15. The van der Waals surface area contributed by atoms with Gasteiger partial charge in [0.2, 0.25) is 0 Å². The van der Waals surface area contributed by atoms with Crippen LogP contribution in [0.15, 0.2) is 48.8 Å². The lowest BCUT2D eigenvalue weighted by Crippen LogP contribution is -2.22. The standard InChI is InChI=1S/C15H12N4O3/c20-13(9-4-6-16-7-5-9)17-11-3-1-2-10(8-11)12-14(21)19-15(22)18-12/h1-8,12H,(H,17,20)(H2,18,19,21,22). The van der Waals surface area contributed by atoms with Crippen molar-refractivity contribution >= 4 is 23.5 Å². The zero-order valence-electron chi connectivity index (χ0n) is 11.4. The number of hydrogen-bond acceptors (Lipinski definition) is 4. The highest BCUT2D eigenvalue weighted by atomic mass is 16.2. The third-order valence-electron chi connectivity index (χ3n) is 3.19. The molecule has 1 saturated heterocycles. The fourth-order valence-corrected chi connectivity index (χ4v) is 2.15. The maximum absolute atomic E-state index is 12.1. The van der Waals surface area contributed by atoms with Crippen LogP contribution in [0.3, 0.4) is 0 Å². The topological polar surface area (TPSA) is 100 Å². The van der Waals surface area contributed by atoms with Gasteiger partial charge in [0.25, 0.3) is 11.8 Å². The molecule has 22 heavy (non-hydrogen) atoms. The van der Waals surface area contributed by atoms with Gasteiger partial charge in [0.15, 0.2) is 0 Å². The first-order valence-corrected chi connectivity index (χ1v) is 6.56. The van der Waals surface area contributed by atoms with Crippen molar-refractivity contribution in [2.45, 2.75) is 6.04 Å². The number of imide groups is 1. The van der Waals surface area contributed by atoms with Crippen LogP contribution < -0.4 is 16.0 Å². The third-order valence-corrected chi connectivity index (χ3v) is 3.19. The van der Waals surface area contributed by atoms with Crippen LogP contribution in [-0.4, -0.2) is 22.8 Å². The van der Waals surface area contributed by atoms with Crippen LogP contribution in [0.4, 0.5) is 10.5 Å². The molecule has 1 aromatic carbocycles. The Labute approximate surface area is 125 Å². The van der Waals surface area contributed by atoms with E-state index in [0.29, 0.717) is 16.8 Å². The van der Waals surface area contributed by atoms with Crippen molar-refractivity contribution in [2.75, 3.05) is 5.32 Å². The fraction of sp³-hybridized carbons (Fsp3) is 0.0667. The number of aromatic nitrogens is 1. The van der Waals surface area contributed by atoms with Crippen molar-refractivity contribution in [1.82, 2.24) is 15.6 Å². The number of nitrogens with zero attached hydrogens (tertiary/aromatic N) is 1. The number of carbonyl (C=O) groups is 3. The minimum atomic E-state index is -0.745. The zero-order valence-corrected chi connectivity index (χ0v) is 11.4. The molecule has 0 radical (unpaired) electrons. The average Bonchev–Trinajstić information content (AvgIpc) is 2.87. The summed E-state index contributed by atoms with van der Waals surface area (Å²) in [5, 5.41) is 7.42. The second-order valence-electron chi connectivity index (χ2n) is 4.71. The highest BCUT2D eigenvalue weighted by molar-refractivity contribution is 6.05. The van der Waals surface area contributed by atoms with Gasteiger partial charge in [-0.25, -0.2) is 4.79 Å². The Morgan fingerprint density at radius 3 is 2.59 bits per heavy atom. The highest BCUT2D eigenvalue weighted by Crippen LogP contribution is 2.20. The van der Waals surface area contributed by atoms with Crippen molar-refractivity contribution in [2.24, 2.45) is 0 Å². The molecule has 110 valence electrons. The van der Waals surface area contributed by atoms with E-state index in [0.717, 1.165) is 0 Å². The van der Waals surface area contributed by atoms with E-state index in [-0.39, 0.29) is 5.91 Å². The minimum absolute atomic E-state index is 0.278. The number of anilines is 1. The van der Waals surface area contributed by atoms with Crippen molar-refractivity contribution in [1.29, 1.82) is 0 Å². The van der Waals surface area contributed by atoms with Crippen molar-refractivity contribution < 1.29 is 14.4 Å². The lowest BCUT2D eigenvalue weighted by molar-refractivity contribution is -0.120. The van der Waals surface area contributed by atoms with Gasteiger partial charge < -0.3 is 10.6 Å². The molecule has 0 spiro atoms. The van der Waals surface area contributed by atoms with Crippen molar-refractivity contribution in [3.8, 4) is 0 Å². The first-order chi connectivity index (χ1) is 10.6. The molecule has 3 N–H and O–H groups in total. The molecule has 1 aliphatic heterocycles. The van der Waals surface area contributed by atoms with Crippen molar-refractivity contribution in [3.05, 3.63) is 59.9 Å². The van der Waals surface area contributed by atoms with Crippen LogP contribution in [0.25, 0.3) is 0 Å². The second kappa shape index (κ2) is 5.65.